The van der Waals surface area contributed by atoms with Crippen molar-refractivity contribution in [1.29, 1.82) is 0 Å². The second-order valence-corrected chi connectivity index (χ2v) is 8.40. The highest BCUT2D eigenvalue weighted by Gasteiger charge is 2.12. The number of hydrogen-bond acceptors (Lipinski definition) is 4. The molecule has 5 nitrogen and oxygen atoms in total. The second kappa shape index (κ2) is 9.37. The van der Waals surface area contributed by atoms with Gasteiger partial charge in [-0.05, 0) is 36.6 Å². The number of aryl methyl sites for hydroxylation is 1. The summed E-state index contributed by atoms with van der Waals surface area (Å²) < 4.78 is 27.2. The van der Waals surface area contributed by atoms with Crippen LogP contribution in [0.1, 0.15) is 18.1 Å². The van der Waals surface area contributed by atoms with Gasteiger partial charge in [0.15, 0.2) is 0 Å². The molecule has 0 aliphatic heterocycles. The molecule has 0 fully saturated rings. The topological polar surface area (TPSA) is 62.3 Å². The number of nitrogens with zero attached hydrogens (tertiary/aromatic N) is 2. The Morgan fingerprint density at radius 3 is 2.11 bits per heavy atom. The lowest BCUT2D eigenvalue weighted by atomic mass is 10.2. The monoisotopic (exact) mass is 395 g/mol. The van der Waals surface area contributed by atoms with Crippen molar-refractivity contribution in [2.24, 2.45) is 0 Å². The van der Waals surface area contributed by atoms with Crippen LogP contribution in [0.5, 0.6) is 0 Å². The van der Waals surface area contributed by atoms with Gasteiger partial charge in [0.05, 0.1) is 17.6 Å². The molecule has 0 saturated heterocycles. The van der Waals surface area contributed by atoms with Gasteiger partial charge in [0.1, 0.15) is 5.82 Å². The summed E-state index contributed by atoms with van der Waals surface area (Å²) in [4.78, 5) is 6.49. The summed E-state index contributed by atoms with van der Waals surface area (Å²) in [6.07, 6.45) is 2.18. The van der Waals surface area contributed by atoms with E-state index in [9.17, 15) is 8.42 Å². The molecule has 0 spiro atoms. The fourth-order valence-electron chi connectivity index (χ4n) is 2.93. The van der Waals surface area contributed by atoms with Gasteiger partial charge in [-0.15, -0.1) is 0 Å². The van der Waals surface area contributed by atoms with E-state index >= 15 is 0 Å². The first-order valence-corrected chi connectivity index (χ1v) is 11.0. The normalized spacial score (nSPS) is 11.2. The van der Waals surface area contributed by atoms with Crippen molar-refractivity contribution in [3.8, 4) is 0 Å². The molecular weight excluding hydrogens is 370 g/mol. The predicted octanol–water partition coefficient (Wildman–Crippen LogP) is 4.09. The number of pyridine rings is 1. The minimum Gasteiger partial charge on any atom is -0.366 e. The smallest absolute Gasteiger partial charge is 0.234 e. The molecule has 2 aromatic carbocycles. The molecule has 0 amide bonds. The van der Waals surface area contributed by atoms with E-state index in [0.29, 0.717) is 12.2 Å². The van der Waals surface area contributed by atoms with Gasteiger partial charge >= 0.3 is 0 Å². The van der Waals surface area contributed by atoms with Crippen LogP contribution < -0.4 is 9.62 Å². The number of anilines is 2. The van der Waals surface area contributed by atoms with Crippen LogP contribution in [0.25, 0.3) is 0 Å². The molecule has 0 unspecified atom stereocenters. The van der Waals surface area contributed by atoms with E-state index in [0.717, 1.165) is 24.3 Å². The van der Waals surface area contributed by atoms with Gasteiger partial charge in [-0.25, -0.2) is 13.4 Å². The summed E-state index contributed by atoms with van der Waals surface area (Å²) in [7, 11) is -3.45. The number of benzene rings is 2. The summed E-state index contributed by atoms with van der Waals surface area (Å²) in [6.45, 7) is 3.70. The Labute approximate surface area is 167 Å². The molecule has 0 saturated carbocycles. The molecule has 28 heavy (non-hydrogen) atoms. The highest BCUT2D eigenvalue weighted by atomic mass is 32.2. The minimum atomic E-state index is -3.45. The molecular formula is C22H25N3O2S. The lowest BCUT2D eigenvalue weighted by Crippen LogP contribution is -2.22. The third-order valence-corrected chi connectivity index (χ3v) is 5.74. The average Bonchev–Trinajstić information content (AvgIpc) is 2.73. The molecule has 1 aromatic heterocycles. The molecule has 0 atom stereocenters. The van der Waals surface area contributed by atoms with E-state index in [-0.39, 0.29) is 5.75 Å². The minimum absolute atomic E-state index is 0.0234. The SMILES string of the molecule is CCN(Cc1ccccc1)c1ccc(NS(=O)(=O)CCc2ccccc2)nc1. The number of sulfonamides is 1. The first-order valence-electron chi connectivity index (χ1n) is 9.35. The van der Waals surface area contributed by atoms with Crippen LogP contribution in [0.3, 0.4) is 0 Å². The Morgan fingerprint density at radius 2 is 1.54 bits per heavy atom. The fraction of sp³-hybridized carbons (Fsp3) is 0.227. The maximum absolute atomic E-state index is 12.3. The Hall–Kier alpha value is -2.86. The number of rotatable bonds is 9. The van der Waals surface area contributed by atoms with Gasteiger partial charge < -0.3 is 4.90 Å². The van der Waals surface area contributed by atoms with Crippen molar-refractivity contribution in [3.05, 3.63) is 90.1 Å². The van der Waals surface area contributed by atoms with E-state index in [4.69, 9.17) is 0 Å². The maximum Gasteiger partial charge on any atom is 0.234 e. The van der Waals surface area contributed by atoms with Crippen LogP contribution >= 0.6 is 0 Å². The van der Waals surface area contributed by atoms with Crippen LogP contribution in [-0.4, -0.2) is 25.7 Å². The third-order valence-electron chi connectivity index (χ3n) is 4.47. The zero-order valence-electron chi connectivity index (χ0n) is 16.0. The van der Waals surface area contributed by atoms with Crippen LogP contribution in [0.15, 0.2) is 79.0 Å². The van der Waals surface area contributed by atoms with Gasteiger partial charge in [-0.2, -0.15) is 0 Å². The largest absolute Gasteiger partial charge is 0.366 e. The van der Waals surface area contributed by atoms with E-state index < -0.39 is 10.0 Å². The van der Waals surface area contributed by atoms with Gasteiger partial charge in [0.25, 0.3) is 0 Å². The standard InChI is InChI=1S/C22H25N3O2S/c1-2-25(18-20-11-7-4-8-12-20)21-13-14-22(23-17-21)24-28(26,27)16-15-19-9-5-3-6-10-19/h3-14,17H,2,15-16,18H2,1H3,(H,23,24). The summed E-state index contributed by atoms with van der Waals surface area (Å²) in [6, 6.07) is 23.4. The zero-order valence-corrected chi connectivity index (χ0v) is 16.8. The third kappa shape index (κ3) is 5.82. The Kier molecular flexibility index (Phi) is 6.66. The lowest BCUT2D eigenvalue weighted by molar-refractivity contribution is 0.600. The molecule has 0 radical (unpaired) electrons. The van der Waals surface area contributed by atoms with Crippen LogP contribution in [0, 0.1) is 0 Å². The van der Waals surface area contributed by atoms with Crippen molar-refractivity contribution in [1.82, 2.24) is 4.98 Å². The molecule has 146 valence electrons. The highest BCUT2D eigenvalue weighted by Crippen LogP contribution is 2.18. The highest BCUT2D eigenvalue weighted by molar-refractivity contribution is 7.92. The molecule has 0 bridgehead atoms. The average molecular weight is 396 g/mol. The Bertz CT molecular complexity index is 960. The van der Waals surface area contributed by atoms with Gasteiger partial charge in [0, 0.05) is 13.1 Å². The molecule has 1 N–H and O–H groups in total. The van der Waals surface area contributed by atoms with Crippen LogP contribution in [0.4, 0.5) is 11.5 Å². The number of aromatic nitrogens is 1. The van der Waals surface area contributed by atoms with E-state index in [1.165, 1.54) is 5.56 Å². The maximum atomic E-state index is 12.3. The summed E-state index contributed by atoms with van der Waals surface area (Å²) in [5.74, 6) is 0.364. The van der Waals surface area contributed by atoms with Crippen molar-refractivity contribution >= 4 is 21.5 Å². The number of nitrogens with one attached hydrogen (secondary N) is 1. The molecule has 3 rings (SSSR count). The zero-order chi connectivity index (χ0) is 19.8. The lowest BCUT2D eigenvalue weighted by Gasteiger charge is -2.23. The van der Waals surface area contributed by atoms with Crippen molar-refractivity contribution in [3.63, 3.8) is 0 Å². The van der Waals surface area contributed by atoms with Gasteiger partial charge in [0.2, 0.25) is 10.0 Å². The molecule has 1 heterocycles. The first kappa shape index (κ1) is 19.9. The molecule has 3 aromatic rings. The molecule has 6 heteroatoms. The fourth-order valence-corrected chi connectivity index (χ4v) is 3.98. The molecule has 0 aliphatic rings. The predicted molar refractivity (Wildman–Crippen MR) is 115 cm³/mol. The van der Waals surface area contributed by atoms with E-state index in [2.05, 4.69) is 33.7 Å². The number of hydrogen-bond donors (Lipinski definition) is 1. The van der Waals surface area contributed by atoms with Gasteiger partial charge in [-0.3, -0.25) is 4.72 Å². The van der Waals surface area contributed by atoms with Crippen LogP contribution in [-0.2, 0) is 23.0 Å². The quantitative estimate of drug-likeness (QED) is 0.593. The Balaban J connectivity index is 1.61. The first-order chi connectivity index (χ1) is 13.6. The van der Waals surface area contributed by atoms with Crippen molar-refractivity contribution < 1.29 is 8.42 Å². The van der Waals surface area contributed by atoms with Crippen molar-refractivity contribution in [2.45, 2.75) is 19.9 Å². The van der Waals surface area contributed by atoms with Crippen LogP contribution in [0.2, 0.25) is 0 Å². The second-order valence-electron chi connectivity index (χ2n) is 6.56. The van der Waals surface area contributed by atoms with Crippen molar-refractivity contribution in [2.75, 3.05) is 21.9 Å². The summed E-state index contributed by atoms with van der Waals surface area (Å²) in [5, 5.41) is 0. The summed E-state index contributed by atoms with van der Waals surface area (Å²) in [5.41, 5.74) is 3.17. The molecule has 0 aliphatic carbocycles. The van der Waals surface area contributed by atoms with E-state index in [1.54, 1.807) is 12.3 Å². The summed E-state index contributed by atoms with van der Waals surface area (Å²) >= 11 is 0. The van der Waals surface area contributed by atoms with E-state index in [1.807, 2.05) is 54.6 Å². The Morgan fingerprint density at radius 1 is 0.893 bits per heavy atom. The van der Waals surface area contributed by atoms with Gasteiger partial charge in [-0.1, -0.05) is 60.7 Å².